The van der Waals surface area contributed by atoms with E-state index < -0.39 is 21.9 Å². The van der Waals surface area contributed by atoms with Crippen LogP contribution < -0.4 is 0 Å². The summed E-state index contributed by atoms with van der Waals surface area (Å²) in [5, 5.41) is 18.2. The number of hydrogen-bond donors (Lipinski definition) is 2. The molecule has 2 aliphatic heterocycles. The summed E-state index contributed by atoms with van der Waals surface area (Å²) in [5.74, 6) is -0.914. The lowest BCUT2D eigenvalue weighted by Crippen LogP contribution is -2.56. The molecule has 2 unspecified atom stereocenters. The maximum Gasteiger partial charge on any atom is 0.303 e. The van der Waals surface area contributed by atoms with E-state index in [1.165, 1.54) is 0 Å². The number of likely N-dealkylation sites (tertiary alicyclic amines) is 1. The van der Waals surface area contributed by atoms with E-state index in [9.17, 15) is 18.3 Å². The van der Waals surface area contributed by atoms with Crippen molar-refractivity contribution in [2.45, 2.75) is 18.6 Å². The summed E-state index contributed by atoms with van der Waals surface area (Å²) in [6.45, 7) is 1.15. The Labute approximate surface area is 93.8 Å². The predicted molar refractivity (Wildman–Crippen MR) is 55.8 cm³/mol. The predicted octanol–water partition coefficient (Wildman–Crippen LogP) is -1.45. The van der Waals surface area contributed by atoms with Crippen LogP contribution in [0.1, 0.15) is 6.42 Å². The van der Waals surface area contributed by atoms with Crippen molar-refractivity contribution in [3.8, 4) is 0 Å². The van der Waals surface area contributed by atoms with Crippen LogP contribution >= 0.6 is 0 Å². The Balaban J connectivity index is 1.86. The van der Waals surface area contributed by atoms with Gasteiger partial charge in [0.25, 0.3) is 0 Å². The van der Waals surface area contributed by atoms with Crippen molar-refractivity contribution in [2.75, 3.05) is 24.6 Å². The maximum absolute atomic E-state index is 11.3. The molecule has 2 rings (SSSR count). The van der Waals surface area contributed by atoms with E-state index in [1.807, 2.05) is 4.90 Å². The molecule has 2 N–H and O–H groups in total. The van der Waals surface area contributed by atoms with E-state index in [2.05, 4.69) is 0 Å². The smallest absolute Gasteiger partial charge is 0.303 e. The van der Waals surface area contributed by atoms with Gasteiger partial charge in [-0.15, -0.1) is 0 Å². The molecule has 2 aliphatic rings. The lowest BCUT2D eigenvalue weighted by atomic mass is 9.93. The first kappa shape index (κ1) is 11.8. The van der Waals surface area contributed by atoms with Crippen LogP contribution in [0.5, 0.6) is 0 Å². The summed E-state index contributed by atoms with van der Waals surface area (Å²) in [6.07, 6.45) is -0.706. The number of carboxylic acids is 1. The lowest BCUT2D eigenvalue weighted by molar-refractivity contribution is -0.140. The van der Waals surface area contributed by atoms with Crippen molar-refractivity contribution in [3.05, 3.63) is 0 Å². The Morgan fingerprint density at radius 1 is 1.31 bits per heavy atom. The third-order valence-corrected chi connectivity index (χ3v) is 4.91. The molecule has 0 saturated carbocycles. The minimum Gasteiger partial charge on any atom is -0.481 e. The summed E-state index contributed by atoms with van der Waals surface area (Å²) in [7, 11) is -3.11. The van der Waals surface area contributed by atoms with Gasteiger partial charge in [-0.1, -0.05) is 0 Å². The summed E-state index contributed by atoms with van der Waals surface area (Å²) < 4.78 is 22.5. The number of nitrogens with zero attached hydrogens (tertiary/aromatic N) is 1. The van der Waals surface area contributed by atoms with E-state index in [0.717, 1.165) is 0 Å². The zero-order chi connectivity index (χ0) is 11.9. The molecule has 0 spiro atoms. The molecule has 2 heterocycles. The number of hydrogen-bond acceptors (Lipinski definition) is 5. The van der Waals surface area contributed by atoms with Crippen molar-refractivity contribution in [3.63, 3.8) is 0 Å². The maximum atomic E-state index is 11.3. The first-order valence-corrected chi connectivity index (χ1v) is 7.04. The Kier molecular flexibility index (Phi) is 2.93. The molecule has 92 valence electrons. The number of aliphatic carboxylic acids is 1. The van der Waals surface area contributed by atoms with Crippen molar-refractivity contribution in [1.82, 2.24) is 4.90 Å². The molecule has 2 fully saturated rings. The molecule has 0 aromatic rings. The van der Waals surface area contributed by atoms with Crippen LogP contribution in [0, 0.1) is 5.92 Å². The van der Waals surface area contributed by atoms with E-state index in [4.69, 9.17) is 5.11 Å². The van der Waals surface area contributed by atoms with Gasteiger partial charge in [0.05, 0.1) is 30.1 Å². The average molecular weight is 249 g/mol. The summed E-state index contributed by atoms with van der Waals surface area (Å²) >= 11 is 0. The van der Waals surface area contributed by atoms with Gasteiger partial charge in [-0.05, 0) is 5.92 Å². The van der Waals surface area contributed by atoms with E-state index >= 15 is 0 Å². The zero-order valence-corrected chi connectivity index (χ0v) is 9.56. The fourth-order valence-corrected chi connectivity index (χ4v) is 4.25. The Hall–Kier alpha value is -0.660. The van der Waals surface area contributed by atoms with Crippen molar-refractivity contribution in [2.24, 2.45) is 5.92 Å². The number of aliphatic hydroxyl groups is 1. The molecule has 0 aromatic carbocycles. The van der Waals surface area contributed by atoms with E-state index in [0.29, 0.717) is 13.1 Å². The lowest BCUT2D eigenvalue weighted by Gasteiger charge is -2.43. The molecule has 6 nitrogen and oxygen atoms in total. The standard InChI is InChI=1S/C9H15NO5S/c11-8-5-16(14,15)4-7(8)10-2-6(3-10)1-9(12)13/h6-8,11H,1-5H2,(H,12,13). The molecule has 0 aliphatic carbocycles. The summed E-state index contributed by atoms with van der Waals surface area (Å²) in [5.41, 5.74) is 0. The molecule has 0 radical (unpaired) electrons. The van der Waals surface area contributed by atoms with Gasteiger partial charge in [-0.2, -0.15) is 0 Å². The second kappa shape index (κ2) is 3.97. The number of carboxylic acid groups (broad SMARTS) is 1. The molecule has 16 heavy (non-hydrogen) atoms. The second-order valence-electron chi connectivity index (χ2n) is 4.63. The third-order valence-electron chi connectivity index (χ3n) is 3.21. The normalized spacial score (nSPS) is 34.8. The number of aliphatic hydroxyl groups excluding tert-OH is 1. The molecule has 0 amide bonds. The number of rotatable bonds is 3. The molecule has 2 saturated heterocycles. The Bertz CT molecular complexity index is 387. The van der Waals surface area contributed by atoms with Gasteiger partial charge in [0.2, 0.25) is 0 Å². The van der Waals surface area contributed by atoms with Crippen LogP contribution in [0.25, 0.3) is 0 Å². The van der Waals surface area contributed by atoms with Gasteiger partial charge in [-0.3, -0.25) is 9.69 Å². The average Bonchev–Trinajstić information content (AvgIpc) is 2.31. The molecule has 2 atom stereocenters. The zero-order valence-electron chi connectivity index (χ0n) is 8.74. The van der Waals surface area contributed by atoms with Gasteiger partial charge < -0.3 is 10.2 Å². The largest absolute Gasteiger partial charge is 0.481 e. The summed E-state index contributed by atoms with van der Waals surface area (Å²) in [4.78, 5) is 12.3. The van der Waals surface area contributed by atoms with E-state index in [1.54, 1.807) is 0 Å². The van der Waals surface area contributed by atoms with Crippen LogP contribution in [0.3, 0.4) is 0 Å². The Morgan fingerprint density at radius 3 is 2.38 bits per heavy atom. The van der Waals surface area contributed by atoms with E-state index in [-0.39, 0.29) is 29.9 Å². The van der Waals surface area contributed by atoms with Crippen LogP contribution in [-0.2, 0) is 14.6 Å². The van der Waals surface area contributed by atoms with Crippen LogP contribution in [0.4, 0.5) is 0 Å². The second-order valence-corrected chi connectivity index (χ2v) is 6.78. The number of carbonyl (C=O) groups is 1. The van der Waals surface area contributed by atoms with Crippen molar-refractivity contribution < 1.29 is 23.4 Å². The van der Waals surface area contributed by atoms with Gasteiger partial charge >= 0.3 is 5.97 Å². The SMILES string of the molecule is O=C(O)CC1CN(C2CS(=O)(=O)CC2O)C1. The van der Waals surface area contributed by atoms with Gasteiger partial charge in [0, 0.05) is 13.1 Å². The van der Waals surface area contributed by atoms with Crippen LogP contribution in [0.15, 0.2) is 0 Å². The topological polar surface area (TPSA) is 94.9 Å². The molecule has 0 aromatic heterocycles. The fraction of sp³-hybridized carbons (Fsp3) is 0.889. The first-order valence-electron chi connectivity index (χ1n) is 5.22. The highest BCUT2D eigenvalue weighted by atomic mass is 32.2. The minimum absolute atomic E-state index is 0.00599. The van der Waals surface area contributed by atoms with Crippen LogP contribution in [0.2, 0.25) is 0 Å². The molecule has 7 heteroatoms. The quantitative estimate of drug-likeness (QED) is 0.635. The van der Waals surface area contributed by atoms with Crippen molar-refractivity contribution in [1.29, 1.82) is 0 Å². The number of sulfone groups is 1. The third kappa shape index (κ3) is 2.36. The summed E-state index contributed by atoms with van der Waals surface area (Å²) in [6, 6.07) is -0.338. The molecular weight excluding hydrogens is 234 g/mol. The van der Waals surface area contributed by atoms with Gasteiger partial charge in [0.1, 0.15) is 0 Å². The minimum atomic E-state index is -3.11. The molecular formula is C9H15NO5S. The van der Waals surface area contributed by atoms with Crippen molar-refractivity contribution >= 4 is 15.8 Å². The highest BCUT2D eigenvalue weighted by Crippen LogP contribution is 2.27. The van der Waals surface area contributed by atoms with Crippen LogP contribution in [-0.4, -0.2) is 66.2 Å². The molecule has 0 bridgehead atoms. The first-order chi connectivity index (χ1) is 7.37. The highest BCUT2D eigenvalue weighted by Gasteiger charge is 2.44. The van der Waals surface area contributed by atoms with Gasteiger partial charge in [0.15, 0.2) is 9.84 Å². The fourth-order valence-electron chi connectivity index (χ4n) is 2.42. The Morgan fingerprint density at radius 2 is 1.94 bits per heavy atom. The monoisotopic (exact) mass is 249 g/mol. The van der Waals surface area contributed by atoms with Gasteiger partial charge in [-0.25, -0.2) is 8.42 Å². The highest BCUT2D eigenvalue weighted by molar-refractivity contribution is 7.91.